The minimum Gasteiger partial charge on any atom is -0.464 e. The standard InChI is InChI=1S/C18H22N3O6P/c1-4-13-15(27-28(3)25-9-7-19-2)10-16(26-13)21-11-12(14-6-5-8-24-14)17(22)20-18(21)23/h5-6,8,11,13,15-16H,4,7,9-10H2,1,3H3,(H,20,22,23)/t13-,15-,16-,28?/m1/s1. The van der Waals surface area contributed by atoms with Crippen LogP contribution in [-0.4, -0.2) is 41.6 Å². The molecule has 3 rings (SSSR count). The zero-order valence-electron chi connectivity index (χ0n) is 15.7. The Morgan fingerprint density at radius 1 is 1.46 bits per heavy atom. The van der Waals surface area contributed by atoms with Gasteiger partial charge in [0.1, 0.15) is 18.6 Å². The van der Waals surface area contributed by atoms with Crippen LogP contribution in [0.25, 0.3) is 16.2 Å². The quantitative estimate of drug-likeness (QED) is 0.410. The van der Waals surface area contributed by atoms with Crippen LogP contribution < -0.4 is 11.2 Å². The largest absolute Gasteiger partial charge is 0.464 e. The molecule has 2 aromatic rings. The number of aromatic nitrogens is 2. The molecule has 3 heterocycles. The number of H-pyrrole nitrogens is 1. The van der Waals surface area contributed by atoms with Crippen molar-refractivity contribution in [2.45, 2.75) is 38.2 Å². The lowest BCUT2D eigenvalue weighted by Gasteiger charge is -2.20. The van der Waals surface area contributed by atoms with Crippen LogP contribution in [0.5, 0.6) is 0 Å². The van der Waals surface area contributed by atoms with Crippen LogP contribution in [0.15, 0.2) is 38.6 Å². The normalized spacial score (nSPS) is 22.8. The summed E-state index contributed by atoms with van der Waals surface area (Å²) < 4.78 is 24.2. The van der Waals surface area contributed by atoms with E-state index in [0.717, 1.165) is 0 Å². The van der Waals surface area contributed by atoms with Gasteiger partial charge in [0.15, 0.2) is 8.38 Å². The summed E-state index contributed by atoms with van der Waals surface area (Å²) in [6, 6.07) is 3.32. The number of rotatable bonds is 8. The summed E-state index contributed by atoms with van der Waals surface area (Å²) in [5.74, 6) is 0.373. The zero-order valence-corrected chi connectivity index (χ0v) is 16.6. The van der Waals surface area contributed by atoms with E-state index in [4.69, 9.17) is 24.8 Å². The first-order valence-corrected chi connectivity index (χ1v) is 10.6. The van der Waals surface area contributed by atoms with Gasteiger partial charge in [-0.25, -0.2) is 11.4 Å². The monoisotopic (exact) mass is 407 g/mol. The number of ether oxygens (including phenoxy) is 1. The van der Waals surface area contributed by atoms with Crippen LogP contribution in [0.1, 0.15) is 26.0 Å². The van der Waals surface area contributed by atoms with E-state index in [-0.39, 0.29) is 17.8 Å². The highest BCUT2D eigenvalue weighted by Gasteiger charge is 2.38. The predicted octanol–water partition coefficient (Wildman–Crippen LogP) is 2.76. The summed E-state index contributed by atoms with van der Waals surface area (Å²) in [5, 5.41) is 0. The van der Waals surface area contributed by atoms with Crippen molar-refractivity contribution in [1.29, 1.82) is 0 Å². The molecule has 0 saturated carbocycles. The predicted molar refractivity (Wildman–Crippen MR) is 103 cm³/mol. The van der Waals surface area contributed by atoms with Crippen LogP contribution in [0, 0.1) is 6.57 Å². The van der Waals surface area contributed by atoms with Gasteiger partial charge in [0.25, 0.3) is 5.56 Å². The minimum absolute atomic E-state index is 0.203. The van der Waals surface area contributed by atoms with E-state index in [1.807, 2.05) is 13.6 Å². The summed E-state index contributed by atoms with van der Waals surface area (Å²) >= 11 is 0. The van der Waals surface area contributed by atoms with Gasteiger partial charge in [0.05, 0.1) is 24.0 Å². The van der Waals surface area contributed by atoms with Gasteiger partial charge >= 0.3 is 5.69 Å². The Hall–Kier alpha value is -2.24. The Kier molecular flexibility index (Phi) is 6.81. The van der Waals surface area contributed by atoms with Gasteiger partial charge in [0, 0.05) is 19.3 Å². The van der Waals surface area contributed by atoms with Gasteiger partial charge < -0.3 is 23.0 Å². The number of hydrogen-bond acceptors (Lipinski definition) is 6. The molecule has 0 amide bonds. The van der Waals surface area contributed by atoms with E-state index in [0.29, 0.717) is 31.8 Å². The van der Waals surface area contributed by atoms with Crippen LogP contribution in [0.3, 0.4) is 0 Å². The molecule has 10 heteroatoms. The topological polar surface area (TPSA) is 100 Å². The number of nitrogens with one attached hydrogen (secondary N) is 1. The molecule has 1 N–H and O–H groups in total. The molecule has 4 atom stereocenters. The Bertz CT molecular complexity index is 932. The van der Waals surface area contributed by atoms with Gasteiger partial charge in [-0.05, 0) is 18.6 Å². The molecule has 9 nitrogen and oxygen atoms in total. The van der Waals surface area contributed by atoms with Crippen molar-refractivity contribution in [3.8, 4) is 11.3 Å². The van der Waals surface area contributed by atoms with E-state index in [1.165, 1.54) is 17.0 Å². The van der Waals surface area contributed by atoms with E-state index < -0.39 is 25.9 Å². The van der Waals surface area contributed by atoms with Gasteiger partial charge in [-0.3, -0.25) is 14.3 Å². The molecular formula is C18H22N3O6P. The highest BCUT2D eigenvalue weighted by molar-refractivity contribution is 7.46. The summed E-state index contributed by atoms with van der Waals surface area (Å²) in [4.78, 5) is 30.1. The Morgan fingerprint density at radius 3 is 2.96 bits per heavy atom. The molecule has 0 spiro atoms. The molecule has 0 bridgehead atoms. The fourth-order valence-electron chi connectivity index (χ4n) is 3.09. The van der Waals surface area contributed by atoms with E-state index in [1.54, 1.807) is 12.1 Å². The Morgan fingerprint density at radius 2 is 2.29 bits per heavy atom. The molecule has 0 radical (unpaired) electrons. The highest BCUT2D eigenvalue weighted by atomic mass is 31.2. The van der Waals surface area contributed by atoms with Crippen molar-refractivity contribution in [1.82, 2.24) is 9.55 Å². The molecule has 1 fully saturated rings. The molecule has 28 heavy (non-hydrogen) atoms. The first kappa shape index (κ1) is 20.5. The van der Waals surface area contributed by atoms with Gasteiger partial charge in [-0.15, -0.1) is 0 Å². The van der Waals surface area contributed by atoms with Gasteiger partial charge in [-0.2, -0.15) is 0 Å². The molecule has 0 aromatic carbocycles. The maximum atomic E-state index is 12.4. The first-order chi connectivity index (χ1) is 13.5. The van der Waals surface area contributed by atoms with Crippen LogP contribution in [0.2, 0.25) is 0 Å². The maximum absolute atomic E-state index is 12.4. The van der Waals surface area contributed by atoms with Crippen LogP contribution in [-0.2, 0) is 13.8 Å². The second-order valence-electron chi connectivity index (χ2n) is 6.26. The zero-order chi connectivity index (χ0) is 20.1. The first-order valence-electron chi connectivity index (χ1n) is 8.95. The van der Waals surface area contributed by atoms with Crippen molar-refractivity contribution in [2.24, 2.45) is 0 Å². The summed E-state index contributed by atoms with van der Waals surface area (Å²) in [5.41, 5.74) is -0.807. The fraction of sp³-hybridized carbons (Fsp3) is 0.500. The molecule has 2 aromatic heterocycles. The smallest absolute Gasteiger partial charge is 0.330 e. The molecule has 1 unspecified atom stereocenters. The average molecular weight is 407 g/mol. The third-order valence-corrected chi connectivity index (χ3v) is 5.52. The maximum Gasteiger partial charge on any atom is 0.330 e. The van der Waals surface area contributed by atoms with E-state index >= 15 is 0 Å². The third kappa shape index (κ3) is 4.59. The molecule has 150 valence electrons. The van der Waals surface area contributed by atoms with Gasteiger partial charge in [-0.1, -0.05) is 6.92 Å². The number of hydrogen-bond donors (Lipinski definition) is 1. The van der Waals surface area contributed by atoms with Gasteiger partial charge in [0.2, 0.25) is 6.54 Å². The lowest BCUT2D eigenvalue weighted by atomic mass is 10.1. The Balaban J connectivity index is 1.77. The lowest BCUT2D eigenvalue weighted by Crippen LogP contribution is -2.33. The number of nitrogens with zero attached hydrogens (tertiary/aromatic N) is 2. The number of aromatic amines is 1. The lowest BCUT2D eigenvalue weighted by molar-refractivity contribution is -0.0181. The second-order valence-corrected chi connectivity index (χ2v) is 7.61. The summed E-state index contributed by atoms with van der Waals surface area (Å²) in [7, 11) is -1.16. The summed E-state index contributed by atoms with van der Waals surface area (Å²) in [6.07, 6.45) is 3.05. The molecular weight excluding hydrogens is 385 g/mol. The SMILES string of the molecule is [C-]#[N+]CCOP(C)O[C@@H]1C[C@H](n2cc(-c3ccco3)c(=O)[nH]c2=O)O[C@@H]1CC. The third-order valence-electron chi connectivity index (χ3n) is 4.41. The van der Waals surface area contributed by atoms with Crippen molar-refractivity contribution in [2.75, 3.05) is 19.8 Å². The van der Waals surface area contributed by atoms with E-state index in [9.17, 15) is 9.59 Å². The molecule has 1 aliphatic heterocycles. The Labute approximate surface area is 163 Å². The highest BCUT2D eigenvalue weighted by Crippen LogP contribution is 2.42. The summed E-state index contributed by atoms with van der Waals surface area (Å²) in [6.45, 7) is 11.2. The molecule has 0 aliphatic carbocycles. The van der Waals surface area contributed by atoms with Crippen molar-refractivity contribution >= 4 is 8.38 Å². The minimum atomic E-state index is -1.16. The average Bonchev–Trinajstić information content (AvgIpc) is 3.32. The van der Waals surface area contributed by atoms with Crippen LogP contribution >= 0.6 is 8.38 Å². The fourth-order valence-corrected chi connectivity index (χ4v) is 4.09. The van der Waals surface area contributed by atoms with Crippen molar-refractivity contribution < 1.29 is 18.2 Å². The molecule has 1 saturated heterocycles. The van der Waals surface area contributed by atoms with Crippen molar-refractivity contribution in [3.05, 3.63) is 56.8 Å². The van der Waals surface area contributed by atoms with E-state index in [2.05, 4.69) is 9.83 Å². The molecule has 1 aliphatic rings. The van der Waals surface area contributed by atoms with Crippen molar-refractivity contribution in [3.63, 3.8) is 0 Å². The second kappa shape index (κ2) is 9.30. The number of furan rings is 1. The van der Waals surface area contributed by atoms with Crippen LogP contribution in [0.4, 0.5) is 0 Å².